The lowest BCUT2D eigenvalue weighted by atomic mass is 10.0. The fourth-order valence-corrected chi connectivity index (χ4v) is 3.05. The van der Waals surface area contributed by atoms with Gasteiger partial charge in [-0.05, 0) is 49.2 Å². The van der Waals surface area contributed by atoms with Gasteiger partial charge in [-0.15, -0.1) is 0 Å². The molecule has 2 aromatic rings. The number of carbonyl (C=O) groups is 2. The van der Waals surface area contributed by atoms with Crippen LogP contribution in [0.4, 0.5) is 0 Å². The minimum absolute atomic E-state index is 0.104. The Morgan fingerprint density at radius 1 is 1.20 bits per heavy atom. The van der Waals surface area contributed by atoms with Crippen molar-refractivity contribution in [1.29, 1.82) is 0 Å². The van der Waals surface area contributed by atoms with E-state index in [2.05, 4.69) is 5.32 Å². The number of hydrogen-bond donors (Lipinski definition) is 1. The quantitative estimate of drug-likeness (QED) is 0.870. The molecule has 0 fully saturated rings. The number of benzene rings is 2. The summed E-state index contributed by atoms with van der Waals surface area (Å²) in [5.41, 5.74) is 4.22. The van der Waals surface area contributed by atoms with Gasteiger partial charge in [0, 0.05) is 12.0 Å². The average Bonchev–Trinajstić information content (AvgIpc) is 3.01. The second-order valence-corrected chi connectivity index (χ2v) is 6.29. The van der Waals surface area contributed by atoms with Crippen LogP contribution < -0.4 is 10.1 Å². The van der Waals surface area contributed by atoms with E-state index >= 15 is 0 Å². The Labute approximate surface area is 147 Å². The van der Waals surface area contributed by atoms with E-state index < -0.39 is 0 Å². The van der Waals surface area contributed by atoms with Gasteiger partial charge in [-0.25, -0.2) is 4.79 Å². The zero-order chi connectivity index (χ0) is 18.0. The molecule has 5 heteroatoms. The molecule has 3 rings (SSSR count). The molecule has 0 radical (unpaired) electrons. The maximum absolute atomic E-state index is 12.4. The van der Waals surface area contributed by atoms with Crippen LogP contribution in [0.25, 0.3) is 0 Å². The van der Waals surface area contributed by atoms with Gasteiger partial charge in [0.15, 0.2) is 0 Å². The van der Waals surface area contributed by atoms with Crippen LogP contribution in [0.1, 0.15) is 37.4 Å². The van der Waals surface area contributed by atoms with Crippen molar-refractivity contribution in [2.45, 2.75) is 26.4 Å². The van der Waals surface area contributed by atoms with Crippen LogP contribution in [0.2, 0.25) is 0 Å². The van der Waals surface area contributed by atoms with Gasteiger partial charge in [0.05, 0.1) is 19.2 Å². The normalized spacial score (nSPS) is 15.2. The van der Waals surface area contributed by atoms with Gasteiger partial charge < -0.3 is 14.8 Å². The summed E-state index contributed by atoms with van der Waals surface area (Å²) in [6, 6.07) is 11.0. The van der Waals surface area contributed by atoms with Crippen molar-refractivity contribution in [3.05, 3.63) is 64.2 Å². The topological polar surface area (TPSA) is 64.6 Å². The number of amides is 1. The molecule has 0 aliphatic carbocycles. The molecule has 130 valence electrons. The van der Waals surface area contributed by atoms with Gasteiger partial charge in [-0.2, -0.15) is 0 Å². The van der Waals surface area contributed by atoms with Crippen LogP contribution in [0, 0.1) is 13.8 Å². The van der Waals surface area contributed by atoms with Crippen molar-refractivity contribution in [3.8, 4) is 5.75 Å². The van der Waals surface area contributed by atoms with Crippen molar-refractivity contribution in [1.82, 2.24) is 5.32 Å². The molecule has 1 heterocycles. The third-order valence-electron chi connectivity index (χ3n) is 4.34. The molecule has 1 N–H and O–H groups in total. The monoisotopic (exact) mass is 339 g/mol. The van der Waals surface area contributed by atoms with Crippen LogP contribution in [0.5, 0.6) is 5.75 Å². The molecule has 0 aromatic heterocycles. The smallest absolute Gasteiger partial charge is 0.337 e. The van der Waals surface area contributed by atoms with Gasteiger partial charge in [-0.1, -0.05) is 17.7 Å². The summed E-state index contributed by atoms with van der Waals surface area (Å²) in [4.78, 5) is 24.0. The lowest BCUT2D eigenvalue weighted by molar-refractivity contribution is 0.0600. The highest BCUT2D eigenvalue weighted by Gasteiger charge is 2.25. The Balaban J connectivity index is 1.61. The molecule has 0 unspecified atom stereocenters. The third kappa shape index (κ3) is 3.65. The fourth-order valence-electron chi connectivity index (χ4n) is 3.05. The highest BCUT2D eigenvalue weighted by Crippen LogP contribution is 2.29. The number of nitrogens with one attached hydrogen (secondary N) is 1. The summed E-state index contributed by atoms with van der Waals surface area (Å²) in [6.45, 7) is 4.34. The number of aryl methyl sites for hydroxylation is 2. The molecular formula is C20H21NO4. The van der Waals surface area contributed by atoms with Gasteiger partial charge >= 0.3 is 5.97 Å². The van der Waals surface area contributed by atoms with Crippen molar-refractivity contribution >= 4 is 11.9 Å². The van der Waals surface area contributed by atoms with Crippen LogP contribution in [0.15, 0.2) is 36.4 Å². The first-order valence-electron chi connectivity index (χ1n) is 8.21. The molecule has 0 saturated heterocycles. The summed E-state index contributed by atoms with van der Waals surface area (Å²) in [6.07, 6.45) is 0.505. The molecule has 25 heavy (non-hydrogen) atoms. The van der Waals surface area contributed by atoms with E-state index in [0.717, 1.165) is 22.4 Å². The van der Waals surface area contributed by atoms with Crippen LogP contribution in [-0.4, -0.2) is 31.6 Å². The second-order valence-electron chi connectivity index (χ2n) is 6.29. The van der Waals surface area contributed by atoms with Gasteiger partial charge in [0.2, 0.25) is 0 Å². The Morgan fingerprint density at radius 2 is 2.00 bits per heavy atom. The Morgan fingerprint density at radius 3 is 2.72 bits per heavy atom. The maximum atomic E-state index is 12.4. The second kappa shape index (κ2) is 6.97. The Hall–Kier alpha value is -2.82. The summed E-state index contributed by atoms with van der Waals surface area (Å²) in [7, 11) is 1.36. The minimum Gasteiger partial charge on any atom is -0.488 e. The van der Waals surface area contributed by atoms with Crippen molar-refractivity contribution < 1.29 is 19.1 Å². The summed E-state index contributed by atoms with van der Waals surface area (Å²) >= 11 is 0. The third-order valence-corrected chi connectivity index (χ3v) is 4.34. The summed E-state index contributed by atoms with van der Waals surface area (Å²) in [5.74, 6) is 0.278. The minimum atomic E-state index is -0.366. The van der Waals surface area contributed by atoms with Crippen molar-refractivity contribution in [2.24, 2.45) is 0 Å². The predicted octanol–water partition coefficient (Wildman–Crippen LogP) is 2.82. The molecule has 1 atom stereocenters. The van der Waals surface area contributed by atoms with E-state index in [4.69, 9.17) is 9.47 Å². The van der Waals surface area contributed by atoms with E-state index in [1.807, 2.05) is 32.0 Å². The lowest BCUT2D eigenvalue weighted by Gasteiger charge is -2.13. The Bertz CT molecular complexity index is 828. The average molecular weight is 339 g/mol. The van der Waals surface area contributed by atoms with Crippen LogP contribution in [-0.2, 0) is 11.2 Å². The Kier molecular flexibility index (Phi) is 4.74. The van der Waals surface area contributed by atoms with Gasteiger partial charge in [0.25, 0.3) is 5.91 Å². The molecular weight excluding hydrogens is 318 g/mol. The molecule has 1 aliphatic heterocycles. The zero-order valence-electron chi connectivity index (χ0n) is 14.6. The number of rotatable bonds is 4. The van der Waals surface area contributed by atoms with Crippen LogP contribution in [0.3, 0.4) is 0 Å². The van der Waals surface area contributed by atoms with E-state index in [0.29, 0.717) is 24.1 Å². The molecule has 2 aromatic carbocycles. The number of hydrogen-bond acceptors (Lipinski definition) is 4. The van der Waals surface area contributed by atoms with Crippen LogP contribution >= 0.6 is 0 Å². The predicted molar refractivity (Wildman–Crippen MR) is 94.2 cm³/mol. The van der Waals surface area contributed by atoms with E-state index in [1.165, 1.54) is 7.11 Å². The lowest BCUT2D eigenvalue weighted by Crippen LogP contribution is -2.34. The largest absolute Gasteiger partial charge is 0.488 e. The van der Waals surface area contributed by atoms with E-state index in [-0.39, 0.29) is 18.0 Å². The molecule has 1 amide bonds. The first-order chi connectivity index (χ1) is 12.0. The number of esters is 1. The van der Waals surface area contributed by atoms with E-state index in [1.54, 1.807) is 18.2 Å². The van der Waals surface area contributed by atoms with Crippen molar-refractivity contribution in [3.63, 3.8) is 0 Å². The molecule has 1 aliphatic rings. The number of ether oxygens (including phenoxy) is 2. The SMILES string of the molecule is COC(=O)c1ccc2c(c1)C[C@@H](CNC(=O)c1ccc(C)cc1C)O2. The number of fused-ring (bicyclic) bond motifs is 1. The molecule has 0 saturated carbocycles. The molecule has 5 nitrogen and oxygen atoms in total. The van der Waals surface area contributed by atoms with Crippen molar-refractivity contribution in [2.75, 3.05) is 13.7 Å². The standard InChI is InChI=1S/C20H21NO4/c1-12-4-6-17(13(2)8-12)19(22)21-11-16-10-15-9-14(20(23)24-3)5-7-18(15)25-16/h4-9,16H,10-11H2,1-3H3,(H,21,22)/t16-/m0/s1. The summed E-state index contributed by atoms with van der Waals surface area (Å²) in [5, 5.41) is 2.93. The van der Waals surface area contributed by atoms with Gasteiger partial charge in [0.1, 0.15) is 11.9 Å². The number of methoxy groups -OCH3 is 1. The van der Waals surface area contributed by atoms with Gasteiger partial charge in [-0.3, -0.25) is 4.79 Å². The first kappa shape index (κ1) is 17.0. The maximum Gasteiger partial charge on any atom is 0.337 e. The highest BCUT2D eigenvalue weighted by atomic mass is 16.5. The molecule has 0 spiro atoms. The fraction of sp³-hybridized carbons (Fsp3) is 0.300. The summed E-state index contributed by atoms with van der Waals surface area (Å²) < 4.78 is 10.6. The zero-order valence-corrected chi connectivity index (χ0v) is 14.6. The first-order valence-corrected chi connectivity index (χ1v) is 8.21. The molecule has 0 bridgehead atoms. The number of carbonyl (C=O) groups excluding carboxylic acids is 2. The van der Waals surface area contributed by atoms with E-state index in [9.17, 15) is 9.59 Å². The highest BCUT2D eigenvalue weighted by molar-refractivity contribution is 5.95.